The Morgan fingerprint density at radius 2 is 2.10 bits per heavy atom. The lowest BCUT2D eigenvalue weighted by Crippen LogP contribution is -2.00. The smallest absolute Gasteiger partial charge is 0.231 e. The van der Waals surface area contributed by atoms with E-state index in [9.17, 15) is 4.39 Å². The lowest BCUT2D eigenvalue weighted by atomic mass is 10.1. The number of rotatable bonds is 4. The highest BCUT2D eigenvalue weighted by Crippen LogP contribution is 2.41. The number of nitrogens with one attached hydrogen (secondary N) is 1. The minimum absolute atomic E-state index is 0.183. The standard InChI is InChI=1S/C15H13ClFNO3/c1-19-13-2-9(3-14-15(13)21-8-20-14)7-18-12-5-10(16)4-11(17)6-12/h2-6,18H,7-8H2,1H3. The van der Waals surface area contributed by atoms with Gasteiger partial charge in [0.05, 0.1) is 7.11 Å². The third-order valence-electron chi connectivity index (χ3n) is 3.08. The molecule has 1 aliphatic heterocycles. The molecule has 1 heterocycles. The van der Waals surface area contributed by atoms with Gasteiger partial charge < -0.3 is 19.5 Å². The van der Waals surface area contributed by atoms with Crippen LogP contribution in [0.5, 0.6) is 17.2 Å². The Hall–Kier alpha value is -2.14. The van der Waals surface area contributed by atoms with E-state index in [2.05, 4.69) is 5.32 Å². The predicted octanol–water partition coefficient (Wildman–Crippen LogP) is 3.83. The zero-order chi connectivity index (χ0) is 14.8. The molecule has 0 saturated heterocycles. The van der Waals surface area contributed by atoms with Gasteiger partial charge in [-0.25, -0.2) is 4.39 Å². The second-order valence-corrected chi connectivity index (χ2v) is 4.98. The Morgan fingerprint density at radius 3 is 2.86 bits per heavy atom. The van der Waals surface area contributed by atoms with Crippen LogP contribution in [-0.2, 0) is 6.54 Å². The highest BCUT2D eigenvalue weighted by molar-refractivity contribution is 6.30. The van der Waals surface area contributed by atoms with Gasteiger partial charge in [0.25, 0.3) is 0 Å². The van der Waals surface area contributed by atoms with Gasteiger partial charge in [0.1, 0.15) is 5.82 Å². The van der Waals surface area contributed by atoms with E-state index in [0.717, 1.165) is 5.56 Å². The minimum atomic E-state index is -0.381. The van der Waals surface area contributed by atoms with E-state index in [-0.39, 0.29) is 12.6 Å². The van der Waals surface area contributed by atoms with Gasteiger partial charge in [-0.3, -0.25) is 0 Å². The molecule has 0 atom stereocenters. The van der Waals surface area contributed by atoms with E-state index in [1.807, 2.05) is 12.1 Å². The van der Waals surface area contributed by atoms with Crippen LogP contribution in [0.25, 0.3) is 0 Å². The van der Waals surface area contributed by atoms with E-state index in [0.29, 0.717) is 34.5 Å². The third-order valence-corrected chi connectivity index (χ3v) is 3.30. The second-order valence-electron chi connectivity index (χ2n) is 4.54. The molecule has 4 nitrogen and oxygen atoms in total. The summed E-state index contributed by atoms with van der Waals surface area (Å²) in [6.07, 6.45) is 0. The number of halogens is 2. The molecule has 3 rings (SSSR count). The van der Waals surface area contributed by atoms with Gasteiger partial charge >= 0.3 is 0 Å². The van der Waals surface area contributed by atoms with Crippen molar-refractivity contribution in [1.82, 2.24) is 0 Å². The summed E-state index contributed by atoms with van der Waals surface area (Å²) in [5.74, 6) is 1.48. The van der Waals surface area contributed by atoms with Gasteiger partial charge in [-0.05, 0) is 35.9 Å². The molecule has 0 amide bonds. The van der Waals surface area contributed by atoms with E-state index < -0.39 is 0 Å². The Balaban J connectivity index is 1.79. The van der Waals surface area contributed by atoms with Crippen LogP contribution in [0.4, 0.5) is 10.1 Å². The topological polar surface area (TPSA) is 39.7 Å². The molecule has 1 N–H and O–H groups in total. The van der Waals surface area contributed by atoms with Crippen LogP contribution >= 0.6 is 11.6 Å². The molecule has 0 aliphatic carbocycles. The number of fused-ring (bicyclic) bond motifs is 1. The van der Waals surface area contributed by atoms with Gasteiger partial charge in [-0.15, -0.1) is 0 Å². The maximum absolute atomic E-state index is 13.3. The molecule has 2 aromatic carbocycles. The highest BCUT2D eigenvalue weighted by atomic mass is 35.5. The van der Waals surface area contributed by atoms with Crippen molar-refractivity contribution in [3.8, 4) is 17.2 Å². The van der Waals surface area contributed by atoms with Crippen molar-refractivity contribution in [2.45, 2.75) is 6.54 Å². The number of hydrogen-bond acceptors (Lipinski definition) is 4. The van der Waals surface area contributed by atoms with Gasteiger partial charge in [-0.2, -0.15) is 0 Å². The van der Waals surface area contributed by atoms with E-state index in [1.54, 1.807) is 13.2 Å². The number of benzene rings is 2. The van der Waals surface area contributed by atoms with Crippen molar-refractivity contribution in [1.29, 1.82) is 0 Å². The Morgan fingerprint density at radius 1 is 1.24 bits per heavy atom. The normalized spacial score (nSPS) is 12.3. The fourth-order valence-corrected chi connectivity index (χ4v) is 2.37. The number of methoxy groups -OCH3 is 1. The summed E-state index contributed by atoms with van der Waals surface area (Å²) in [5.41, 5.74) is 1.54. The highest BCUT2D eigenvalue weighted by Gasteiger charge is 2.19. The first-order chi connectivity index (χ1) is 10.2. The van der Waals surface area contributed by atoms with Gasteiger partial charge in [-0.1, -0.05) is 11.6 Å². The van der Waals surface area contributed by atoms with Crippen LogP contribution in [-0.4, -0.2) is 13.9 Å². The van der Waals surface area contributed by atoms with E-state index >= 15 is 0 Å². The molecule has 110 valence electrons. The van der Waals surface area contributed by atoms with Gasteiger partial charge in [0.15, 0.2) is 11.5 Å². The molecule has 0 aromatic heterocycles. The fraction of sp³-hybridized carbons (Fsp3) is 0.200. The summed E-state index contributed by atoms with van der Waals surface area (Å²) in [4.78, 5) is 0. The van der Waals surface area contributed by atoms with Crippen molar-refractivity contribution in [3.05, 3.63) is 46.7 Å². The lowest BCUT2D eigenvalue weighted by molar-refractivity contribution is 0.171. The van der Waals surface area contributed by atoms with Gasteiger partial charge in [0, 0.05) is 17.3 Å². The van der Waals surface area contributed by atoms with Crippen LogP contribution in [0.2, 0.25) is 5.02 Å². The average Bonchev–Trinajstić information content (AvgIpc) is 2.91. The molecule has 6 heteroatoms. The molecule has 0 spiro atoms. The Labute approximate surface area is 126 Å². The molecule has 1 aliphatic rings. The van der Waals surface area contributed by atoms with E-state index in [4.69, 9.17) is 25.8 Å². The molecule has 2 aromatic rings. The van der Waals surface area contributed by atoms with Crippen molar-refractivity contribution >= 4 is 17.3 Å². The zero-order valence-electron chi connectivity index (χ0n) is 11.3. The van der Waals surface area contributed by atoms with Crippen LogP contribution in [0.1, 0.15) is 5.56 Å². The van der Waals surface area contributed by atoms with Crippen molar-refractivity contribution in [3.63, 3.8) is 0 Å². The SMILES string of the molecule is COc1cc(CNc2cc(F)cc(Cl)c2)cc2c1OCO2. The van der Waals surface area contributed by atoms with E-state index in [1.165, 1.54) is 12.1 Å². The van der Waals surface area contributed by atoms with Crippen molar-refractivity contribution < 1.29 is 18.6 Å². The lowest BCUT2D eigenvalue weighted by Gasteiger charge is -2.10. The summed E-state index contributed by atoms with van der Waals surface area (Å²) < 4.78 is 29.2. The molecule has 0 fully saturated rings. The monoisotopic (exact) mass is 309 g/mol. The van der Waals surface area contributed by atoms with Crippen LogP contribution in [0.3, 0.4) is 0 Å². The molecule has 0 unspecified atom stereocenters. The fourth-order valence-electron chi connectivity index (χ4n) is 2.15. The predicted molar refractivity (Wildman–Crippen MR) is 77.9 cm³/mol. The Kier molecular flexibility index (Phi) is 3.75. The van der Waals surface area contributed by atoms with Gasteiger partial charge in [0.2, 0.25) is 12.5 Å². The maximum Gasteiger partial charge on any atom is 0.231 e. The number of anilines is 1. The summed E-state index contributed by atoms with van der Waals surface area (Å²) >= 11 is 5.82. The first-order valence-electron chi connectivity index (χ1n) is 6.32. The molecular weight excluding hydrogens is 297 g/mol. The third kappa shape index (κ3) is 2.97. The maximum atomic E-state index is 13.3. The molecule has 0 bridgehead atoms. The number of hydrogen-bond donors (Lipinski definition) is 1. The summed E-state index contributed by atoms with van der Waals surface area (Å²) in [6.45, 7) is 0.662. The average molecular weight is 310 g/mol. The molecule has 0 radical (unpaired) electrons. The Bertz CT molecular complexity index is 658. The quantitative estimate of drug-likeness (QED) is 0.932. The minimum Gasteiger partial charge on any atom is -0.493 e. The molecule has 0 saturated carbocycles. The summed E-state index contributed by atoms with van der Waals surface area (Å²) in [5, 5.41) is 3.46. The second kappa shape index (κ2) is 5.69. The van der Waals surface area contributed by atoms with Crippen LogP contribution < -0.4 is 19.5 Å². The summed E-state index contributed by atoms with van der Waals surface area (Å²) in [6, 6.07) is 8.02. The largest absolute Gasteiger partial charge is 0.493 e. The summed E-state index contributed by atoms with van der Waals surface area (Å²) in [7, 11) is 1.57. The first kappa shape index (κ1) is 13.8. The van der Waals surface area contributed by atoms with Crippen LogP contribution in [0.15, 0.2) is 30.3 Å². The number of ether oxygens (including phenoxy) is 3. The molecular formula is C15H13ClFNO3. The van der Waals surface area contributed by atoms with Crippen LogP contribution in [0, 0.1) is 5.82 Å². The van der Waals surface area contributed by atoms with Crippen molar-refractivity contribution in [2.24, 2.45) is 0 Å². The molecule has 21 heavy (non-hydrogen) atoms. The van der Waals surface area contributed by atoms with Crippen molar-refractivity contribution in [2.75, 3.05) is 19.2 Å². The zero-order valence-corrected chi connectivity index (χ0v) is 12.0. The first-order valence-corrected chi connectivity index (χ1v) is 6.70.